The van der Waals surface area contributed by atoms with Crippen LogP contribution in [-0.4, -0.2) is 13.2 Å². The van der Waals surface area contributed by atoms with Gasteiger partial charge in [0.2, 0.25) is 0 Å². The first-order chi connectivity index (χ1) is 9.34. The van der Waals surface area contributed by atoms with Crippen LogP contribution in [-0.2, 0) is 4.74 Å². The molecule has 0 bridgehead atoms. The van der Waals surface area contributed by atoms with E-state index >= 15 is 0 Å². The number of hydrogen-bond acceptors (Lipinski definition) is 1. The molecule has 0 unspecified atom stereocenters. The maximum atomic E-state index is 5.57. The Kier molecular flexibility index (Phi) is 2.36. The summed E-state index contributed by atoms with van der Waals surface area (Å²) < 4.78 is 5.57. The topological polar surface area (TPSA) is 9.23 Å². The minimum absolute atomic E-state index is 0.789. The van der Waals surface area contributed by atoms with Crippen LogP contribution in [0, 0.1) is 6.92 Å². The molecule has 4 rings (SSSR count). The number of fused-ring (bicyclic) bond motifs is 3. The van der Waals surface area contributed by atoms with Gasteiger partial charge in [0.1, 0.15) is 0 Å². The third kappa shape index (κ3) is 1.58. The van der Waals surface area contributed by atoms with Crippen LogP contribution >= 0.6 is 0 Å². The van der Waals surface area contributed by atoms with Gasteiger partial charge in [-0.25, -0.2) is 0 Å². The van der Waals surface area contributed by atoms with Gasteiger partial charge in [-0.3, -0.25) is 0 Å². The summed E-state index contributed by atoms with van der Waals surface area (Å²) in [7, 11) is 0. The van der Waals surface area contributed by atoms with Crippen molar-refractivity contribution in [2.75, 3.05) is 13.2 Å². The van der Waals surface area contributed by atoms with Crippen LogP contribution in [0.25, 0.3) is 16.7 Å². The molecule has 0 radical (unpaired) electrons. The lowest BCUT2D eigenvalue weighted by atomic mass is 9.96. The molecule has 0 N–H and O–H groups in total. The van der Waals surface area contributed by atoms with Crippen molar-refractivity contribution < 1.29 is 4.74 Å². The van der Waals surface area contributed by atoms with E-state index in [2.05, 4.69) is 49.4 Å². The second-order valence-electron chi connectivity index (χ2n) is 5.38. The molecule has 2 aliphatic rings. The summed E-state index contributed by atoms with van der Waals surface area (Å²) in [5.74, 6) is 0. The fourth-order valence-corrected chi connectivity index (χ4v) is 3.22. The zero-order chi connectivity index (χ0) is 12.8. The fourth-order valence-electron chi connectivity index (χ4n) is 3.22. The molecule has 94 valence electrons. The highest BCUT2D eigenvalue weighted by atomic mass is 16.5. The molecule has 0 saturated carbocycles. The van der Waals surface area contributed by atoms with Crippen molar-refractivity contribution in [1.82, 2.24) is 0 Å². The van der Waals surface area contributed by atoms with Crippen LogP contribution in [0.3, 0.4) is 0 Å². The average Bonchev–Trinajstić information content (AvgIpc) is 3.03. The molecule has 1 heterocycles. The Morgan fingerprint density at radius 3 is 2.47 bits per heavy atom. The highest BCUT2D eigenvalue weighted by molar-refractivity contribution is 6.02. The van der Waals surface area contributed by atoms with Crippen molar-refractivity contribution in [1.29, 1.82) is 0 Å². The maximum Gasteiger partial charge on any atom is 0.0687 e. The monoisotopic (exact) mass is 248 g/mol. The molecule has 2 aromatic carbocycles. The SMILES string of the molecule is Cc1ccc2c(c1)C(=C1CCOC1)c1ccccc1-2. The molecule has 0 atom stereocenters. The first-order valence-electron chi connectivity index (χ1n) is 6.85. The predicted molar refractivity (Wildman–Crippen MR) is 78.1 cm³/mol. The average molecular weight is 248 g/mol. The standard InChI is InChI=1S/C18H16O/c1-12-6-7-15-14-4-2-3-5-16(14)18(17(15)10-12)13-8-9-19-11-13/h2-7,10H,8-9,11H2,1H3. The molecule has 1 nitrogen and oxygen atoms in total. The Morgan fingerprint density at radius 2 is 1.68 bits per heavy atom. The van der Waals surface area contributed by atoms with E-state index in [0.717, 1.165) is 19.6 Å². The van der Waals surface area contributed by atoms with Crippen LogP contribution in [0.2, 0.25) is 0 Å². The molecule has 0 amide bonds. The summed E-state index contributed by atoms with van der Waals surface area (Å²) >= 11 is 0. The first-order valence-corrected chi connectivity index (χ1v) is 6.85. The van der Waals surface area contributed by atoms with E-state index in [1.165, 1.54) is 39.0 Å². The van der Waals surface area contributed by atoms with E-state index in [-0.39, 0.29) is 0 Å². The lowest BCUT2D eigenvalue weighted by Gasteiger charge is -2.07. The maximum absolute atomic E-state index is 5.57. The van der Waals surface area contributed by atoms with Gasteiger partial charge in [-0.05, 0) is 46.7 Å². The Hall–Kier alpha value is -1.86. The Morgan fingerprint density at radius 1 is 0.895 bits per heavy atom. The second kappa shape index (κ2) is 4.07. The highest BCUT2D eigenvalue weighted by Crippen LogP contribution is 2.46. The number of ether oxygens (including phenoxy) is 1. The van der Waals surface area contributed by atoms with Gasteiger partial charge < -0.3 is 4.74 Å². The quantitative estimate of drug-likeness (QED) is 0.579. The predicted octanol–water partition coefficient (Wildman–Crippen LogP) is 4.20. The van der Waals surface area contributed by atoms with E-state index in [1.807, 2.05) is 0 Å². The molecule has 1 heteroatoms. The normalized spacial score (nSPS) is 20.5. The Labute approximate surface area is 113 Å². The second-order valence-corrected chi connectivity index (χ2v) is 5.38. The molecule has 0 spiro atoms. The number of rotatable bonds is 0. The minimum atomic E-state index is 0.789. The molecule has 1 fully saturated rings. The Balaban J connectivity index is 2.06. The van der Waals surface area contributed by atoms with Crippen LogP contribution in [0.15, 0.2) is 48.0 Å². The van der Waals surface area contributed by atoms with Gasteiger partial charge in [-0.15, -0.1) is 0 Å². The molecule has 1 aliphatic heterocycles. The summed E-state index contributed by atoms with van der Waals surface area (Å²) in [4.78, 5) is 0. The van der Waals surface area contributed by atoms with Gasteiger partial charge in [0.15, 0.2) is 0 Å². The minimum Gasteiger partial charge on any atom is -0.377 e. The molecular weight excluding hydrogens is 232 g/mol. The van der Waals surface area contributed by atoms with Gasteiger partial charge in [-0.2, -0.15) is 0 Å². The molecule has 1 aliphatic carbocycles. The Bertz CT molecular complexity index is 687. The van der Waals surface area contributed by atoms with Crippen LogP contribution in [0.4, 0.5) is 0 Å². The van der Waals surface area contributed by atoms with E-state index in [1.54, 1.807) is 0 Å². The van der Waals surface area contributed by atoms with E-state index in [9.17, 15) is 0 Å². The summed E-state index contributed by atoms with van der Waals surface area (Å²) in [5.41, 5.74) is 9.71. The van der Waals surface area contributed by atoms with E-state index < -0.39 is 0 Å². The van der Waals surface area contributed by atoms with Crippen molar-refractivity contribution >= 4 is 5.57 Å². The van der Waals surface area contributed by atoms with Crippen molar-refractivity contribution in [3.63, 3.8) is 0 Å². The molecule has 0 aromatic heterocycles. The fraction of sp³-hybridized carbons (Fsp3) is 0.222. The molecule has 1 saturated heterocycles. The van der Waals surface area contributed by atoms with Crippen molar-refractivity contribution in [3.8, 4) is 11.1 Å². The zero-order valence-electron chi connectivity index (χ0n) is 11.1. The molecule has 19 heavy (non-hydrogen) atoms. The zero-order valence-corrected chi connectivity index (χ0v) is 11.1. The molecule has 2 aromatic rings. The highest BCUT2D eigenvalue weighted by Gasteiger charge is 2.26. The van der Waals surface area contributed by atoms with Crippen LogP contribution < -0.4 is 0 Å². The summed E-state index contributed by atoms with van der Waals surface area (Å²) in [6.45, 7) is 3.82. The van der Waals surface area contributed by atoms with Crippen LogP contribution in [0.5, 0.6) is 0 Å². The summed E-state index contributed by atoms with van der Waals surface area (Å²) in [6, 6.07) is 15.5. The number of hydrogen-bond donors (Lipinski definition) is 0. The van der Waals surface area contributed by atoms with Gasteiger partial charge in [-0.1, -0.05) is 48.0 Å². The van der Waals surface area contributed by atoms with Crippen LogP contribution in [0.1, 0.15) is 23.1 Å². The van der Waals surface area contributed by atoms with Gasteiger partial charge in [0.25, 0.3) is 0 Å². The van der Waals surface area contributed by atoms with E-state index in [0.29, 0.717) is 0 Å². The van der Waals surface area contributed by atoms with Crippen molar-refractivity contribution in [2.45, 2.75) is 13.3 Å². The van der Waals surface area contributed by atoms with Gasteiger partial charge in [0, 0.05) is 0 Å². The van der Waals surface area contributed by atoms with Crippen molar-refractivity contribution in [2.24, 2.45) is 0 Å². The van der Waals surface area contributed by atoms with Crippen molar-refractivity contribution in [3.05, 3.63) is 64.7 Å². The first kappa shape index (κ1) is 11.0. The summed E-state index contributed by atoms with van der Waals surface area (Å²) in [5, 5.41) is 0. The largest absolute Gasteiger partial charge is 0.377 e. The lowest BCUT2D eigenvalue weighted by Crippen LogP contribution is -1.91. The third-order valence-corrected chi connectivity index (χ3v) is 4.11. The molecular formula is C18H16O. The summed E-state index contributed by atoms with van der Waals surface area (Å²) in [6.07, 6.45) is 1.07. The smallest absolute Gasteiger partial charge is 0.0687 e. The lowest BCUT2D eigenvalue weighted by molar-refractivity contribution is 0.205. The number of aryl methyl sites for hydroxylation is 1. The third-order valence-electron chi connectivity index (χ3n) is 4.11. The van der Waals surface area contributed by atoms with E-state index in [4.69, 9.17) is 4.74 Å². The van der Waals surface area contributed by atoms with Gasteiger partial charge in [0.05, 0.1) is 13.2 Å². The van der Waals surface area contributed by atoms with Gasteiger partial charge >= 0.3 is 0 Å². The number of benzene rings is 2.